The van der Waals surface area contributed by atoms with Crippen molar-refractivity contribution >= 4 is 5.69 Å². The summed E-state index contributed by atoms with van der Waals surface area (Å²) < 4.78 is 0. The predicted molar refractivity (Wildman–Crippen MR) is 58.9 cm³/mol. The minimum absolute atomic E-state index is 0.0638. The molecule has 0 unspecified atom stereocenters. The summed E-state index contributed by atoms with van der Waals surface area (Å²) in [5.74, 6) is 0.0150. The van der Waals surface area contributed by atoms with E-state index in [4.69, 9.17) is 0 Å². The van der Waals surface area contributed by atoms with E-state index in [2.05, 4.69) is 10.2 Å². The third kappa shape index (κ3) is 2.46. The molecule has 0 saturated carbocycles. The van der Waals surface area contributed by atoms with E-state index in [1.54, 1.807) is 6.07 Å². The van der Waals surface area contributed by atoms with Gasteiger partial charge in [0.15, 0.2) is 0 Å². The van der Waals surface area contributed by atoms with Gasteiger partial charge in [-0.2, -0.15) is 10.2 Å². The number of aromatic hydroxyl groups is 2. The average molecular weight is 208 g/mol. The van der Waals surface area contributed by atoms with Crippen LogP contribution < -0.4 is 0 Å². The molecule has 4 nitrogen and oxygen atoms in total. The fourth-order valence-electron chi connectivity index (χ4n) is 1.35. The van der Waals surface area contributed by atoms with Crippen LogP contribution in [-0.4, -0.2) is 17.3 Å². The number of phenolic OH excluding ortho intramolecular Hbond substituents is 2. The SMILES string of the molecule is CN=Nc1cc(C(C)(C)C)c(O)cc1O. The number of rotatable bonds is 1. The first-order valence-corrected chi connectivity index (χ1v) is 4.72. The van der Waals surface area contributed by atoms with E-state index in [0.29, 0.717) is 5.69 Å². The Balaban J connectivity index is 3.36. The number of nitrogens with zero attached hydrogens (tertiary/aromatic N) is 2. The molecule has 0 spiro atoms. The van der Waals surface area contributed by atoms with Crippen LogP contribution in [0.3, 0.4) is 0 Å². The van der Waals surface area contributed by atoms with Crippen LogP contribution >= 0.6 is 0 Å². The zero-order valence-electron chi connectivity index (χ0n) is 9.44. The normalized spacial score (nSPS) is 12.3. The third-order valence-corrected chi connectivity index (χ3v) is 2.11. The predicted octanol–water partition coefficient (Wildman–Crippen LogP) is 3.11. The molecule has 0 radical (unpaired) electrons. The molecule has 1 rings (SSSR count). The minimum atomic E-state index is -0.199. The first kappa shape index (κ1) is 11.5. The van der Waals surface area contributed by atoms with Crippen molar-refractivity contribution in [3.05, 3.63) is 17.7 Å². The summed E-state index contributed by atoms with van der Waals surface area (Å²) in [4.78, 5) is 0. The zero-order chi connectivity index (χ0) is 11.6. The van der Waals surface area contributed by atoms with Gasteiger partial charge in [0.1, 0.15) is 17.2 Å². The van der Waals surface area contributed by atoms with E-state index in [1.807, 2.05) is 20.8 Å². The van der Waals surface area contributed by atoms with Crippen LogP contribution in [0.5, 0.6) is 11.5 Å². The molecular weight excluding hydrogens is 192 g/mol. The van der Waals surface area contributed by atoms with E-state index >= 15 is 0 Å². The quantitative estimate of drug-likeness (QED) is 0.696. The lowest BCUT2D eigenvalue weighted by Crippen LogP contribution is -2.10. The molecule has 0 fully saturated rings. The molecule has 0 atom stereocenters. The smallest absolute Gasteiger partial charge is 0.146 e. The summed E-state index contributed by atoms with van der Waals surface area (Å²) >= 11 is 0. The van der Waals surface area contributed by atoms with Gasteiger partial charge in [-0.05, 0) is 11.5 Å². The standard InChI is InChI=1S/C11H16N2O2/c1-11(2,3)7-5-8(13-12-4)10(15)6-9(7)14/h5-6,14-15H,1-4H3. The van der Waals surface area contributed by atoms with Gasteiger partial charge in [0.05, 0.1) is 0 Å². The molecule has 82 valence electrons. The van der Waals surface area contributed by atoms with E-state index in [0.717, 1.165) is 5.56 Å². The van der Waals surface area contributed by atoms with Crippen LogP contribution in [0.4, 0.5) is 5.69 Å². The lowest BCUT2D eigenvalue weighted by atomic mass is 9.86. The maximum atomic E-state index is 9.69. The van der Waals surface area contributed by atoms with Crippen molar-refractivity contribution in [1.82, 2.24) is 0 Å². The Morgan fingerprint density at radius 1 is 1.07 bits per heavy atom. The Hall–Kier alpha value is -1.58. The van der Waals surface area contributed by atoms with Gasteiger partial charge in [-0.15, -0.1) is 0 Å². The summed E-state index contributed by atoms with van der Waals surface area (Å²) in [7, 11) is 1.53. The lowest BCUT2D eigenvalue weighted by molar-refractivity contribution is 0.432. The zero-order valence-corrected chi connectivity index (χ0v) is 9.44. The highest BCUT2D eigenvalue weighted by Crippen LogP contribution is 2.39. The Bertz CT molecular complexity index is 392. The maximum Gasteiger partial charge on any atom is 0.146 e. The van der Waals surface area contributed by atoms with Gasteiger partial charge in [-0.1, -0.05) is 20.8 Å². The van der Waals surface area contributed by atoms with Crippen molar-refractivity contribution in [2.24, 2.45) is 10.2 Å². The molecule has 0 amide bonds. The largest absolute Gasteiger partial charge is 0.508 e. The van der Waals surface area contributed by atoms with Crippen molar-refractivity contribution in [1.29, 1.82) is 0 Å². The molecule has 0 heterocycles. The summed E-state index contributed by atoms with van der Waals surface area (Å²) in [6.07, 6.45) is 0. The van der Waals surface area contributed by atoms with Crippen molar-refractivity contribution in [3.8, 4) is 11.5 Å². The molecule has 0 saturated heterocycles. The van der Waals surface area contributed by atoms with Gasteiger partial charge < -0.3 is 10.2 Å². The molecule has 4 heteroatoms. The summed E-state index contributed by atoms with van der Waals surface area (Å²) in [6.45, 7) is 5.93. The summed E-state index contributed by atoms with van der Waals surface area (Å²) in [5.41, 5.74) is 0.915. The number of hydrogen-bond acceptors (Lipinski definition) is 4. The van der Waals surface area contributed by atoms with Crippen LogP contribution in [0, 0.1) is 0 Å². The minimum Gasteiger partial charge on any atom is -0.508 e. The fraction of sp³-hybridized carbons (Fsp3) is 0.455. The highest BCUT2D eigenvalue weighted by molar-refractivity contribution is 5.58. The summed E-state index contributed by atoms with van der Waals surface area (Å²) in [6, 6.07) is 2.95. The Kier molecular flexibility index (Phi) is 2.98. The number of azo groups is 1. The average Bonchev–Trinajstić information content (AvgIpc) is 2.07. The molecule has 2 N–H and O–H groups in total. The highest BCUT2D eigenvalue weighted by atomic mass is 16.3. The van der Waals surface area contributed by atoms with Gasteiger partial charge in [0, 0.05) is 18.7 Å². The van der Waals surface area contributed by atoms with Crippen LogP contribution in [0.1, 0.15) is 26.3 Å². The highest BCUT2D eigenvalue weighted by Gasteiger charge is 2.20. The topological polar surface area (TPSA) is 65.2 Å². The van der Waals surface area contributed by atoms with Crippen molar-refractivity contribution in [2.45, 2.75) is 26.2 Å². The molecule has 1 aromatic rings. The Morgan fingerprint density at radius 2 is 1.67 bits per heavy atom. The van der Waals surface area contributed by atoms with Crippen LogP contribution in [0.15, 0.2) is 22.4 Å². The molecule has 0 aliphatic heterocycles. The van der Waals surface area contributed by atoms with Gasteiger partial charge in [0.25, 0.3) is 0 Å². The second kappa shape index (κ2) is 3.88. The Labute approximate surface area is 89.3 Å². The van der Waals surface area contributed by atoms with Crippen molar-refractivity contribution < 1.29 is 10.2 Å². The van der Waals surface area contributed by atoms with E-state index < -0.39 is 0 Å². The van der Waals surface area contributed by atoms with Crippen molar-refractivity contribution in [3.63, 3.8) is 0 Å². The molecule has 0 aliphatic rings. The lowest BCUT2D eigenvalue weighted by Gasteiger charge is -2.20. The van der Waals surface area contributed by atoms with Gasteiger partial charge in [0.2, 0.25) is 0 Å². The summed E-state index contributed by atoms with van der Waals surface area (Å²) in [5, 5.41) is 26.6. The van der Waals surface area contributed by atoms with E-state index in [9.17, 15) is 10.2 Å². The monoisotopic (exact) mass is 208 g/mol. The first-order valence-electron chi connectivity index (χ1n) is 4.72. The molecule has 0 bridgehead atoms. The van der Waals surface area contributed by atoms with Gasteiger partial charge in [-0.25, -0.2) is 0 Å². The molecule has 0 aromatic heterocycles. The van der Waals surface area contributed by atoms with Crippen LogP contribution in [0.2, 0.25) is 0 Å². The van der Waals surface area contributed by atoms with Gasteiger partial charge in [-0.3, -0.25) is 0 Å². The number of hydrogen-bond donors (Lipinski definition) is 2. The van der Waals surface area contributed by atoms with Crippen LogP contribution in [-0.2, 0) is 5.41 Å². The van der Waals surface area contributed by atoms with Gasteiger partial charge >= 0.3 is 0 Å². The Morgan fingerprint density at radius 3 is 2.13 bits per heavy atom. The molecule has 15 heavy (non-hydrogen) atoms. The van der Waals surface area contributed by atoms with E-state index in [-0.39, 0.29) is 16.9 Å². The second-order valence-electron chi connectivity index (χ2n) is 4.41. The number of benzene rings is 1. The molecule has 0 aliphatic carbocycles. The third-order valence-electron chi connectivity index (χ3n) is 2.11. The molecule has 1 aromatic carbocycles. The van der Waals surface area contributed by atoms with Crippen molar-refractivity contribution in [2.75, 3.05) is 7.05 Å². The maximum absolute atomic E-state index is 9.69. The van der Waals surface area contributed by atoms with E-state index in [1.165, 1.54) is 13.1 Å². The van der Waals surface area contributed by atoms with Crippen LogP contribution in [0.25, 0.3) is 0 Å². The first-order chi connectivity index (χ1) is 6.86. The molecular formula is C11H16N2O2. The fourth-order valence-corrected chi connectivity index (χ4v) is 1.35. The second-order valence-corrected chi connectivity index (χ2v) is 4.41. The number of phenols is 2.